The van der Waals surface area contributed by atoms with Crippen LogP contribution in [0.25, 0.3) is 10.9 Å². The number of aromatic nitrogens is 1. The molecule has 3 N–H and O–H groups in total. The lowest BCUT2D eigenvalue weighted by molar-refractivity contribution is -0.142. The Morgan fingerprint density at radius 3 is 2.89 bits per heavy atom. The van der Waals surface area contributed by atoms with Gasteiger partial charge < -0.3 is 20.7 Å². The first-order valence-corrected chi connectivity index (χ1v) is 10.00. The molecule has 28 heavy (non-hydrogen) atoms. The molecular formula is C21H26N4O3. The van der Waals surface area contributed by atoms with Gasteiger partial charge in [-0.2, -0.15) is 0 Å². The Bertz CT molecular complexity index is 864. The third-order valence-electron chi connectivity index (χ3n) is 5.55. The lowest BCUT2D eigenvalue weighted by atomic mass is 9.90. The van der Waals surface area contributed by atoms with Gasteiger partial charge in [0, 0.05) is 31.0 Å². The number of amides is 2. The fourth-order valence-electron chi connectivity index (χ4n) is 3.92. The minimum Gasteiger partial charge on any atom is -0.477 e. The number of nitrogens with zero attached hydrogens (tertiary/aromatic N) is 1. The Morgan fingerprint density at radius 2 is 2.04 bits per heavy atom. The molecule has 3 heterocycles. The molecule has 148 valence electrons. The summed E-state index contributed by atoms with van der Waals surface area (Å²) < 4.78 is 6.31. The van der Waals surface area contributed by atoms with Crippen LogP contribution < -0.4 is 20.7 Å². The average Bonchev–Trinajstić information content (AvgIpc) is 2.93. The van der Waals surface area contributed by atoms with E-state index in [1.165, 1.54) is 0 Å². The van der Waals surface area contributed by atoms with Crippen LogP contribution in [0, 0.1) is 0 Å². The van der Waals surface area contributed by atoms with Crippen molar-refractivity contribution < 1.29 is 14.3 Å². The second kappa shape index (κ2) is 8.14. The van der Waals surface area contributed by atoms with Gasteiger partial charge in [-0.15, -0.1) is 0 Å². The molecule has 2 aliphatic heterocycles. The van der Waals surface area contributed by atoms with E-state index in [0.29, 0.717) is 44.6 Å². The summed E-state index contributed by atoms with van der Waals surface area (Å²) in [7, 11) is 0. The molecule has 2 amide bonds. The number of carbonyl (C=O) groups excluding carboxylic acids is 2. The molecule has 2 saturated heterocycles. The molecule has 2 fully saturated rings. The first kappa shape index (κ1) is 18.7. The number of pyridine rings is 1. The van der Waals surface area contributed by atoms with Crippen LogP contribution in [0.1, 0.15) is 32.1 Å². The first-order chi connectivity index (χ1) is 13.7. The summed E-state index contributed by atoms with van der Waals surface area (Å²) in [6, 6.07) is 9.02. The molecule has 4 rings (SSSR count). The van der Waals surface area contributed by atoms with Crippen molar-refractivity contribution in [3.8, 4) is 5.75 Å². The minimum atomic E-state index is -0.978. The van der Waals surface area contributed by atoms with Crippen LogP contribution in [-0.4, -0.2) is 48.1 Å². The normalized spacial score (nSPS) is 22.1. The highest BCUT2D eigenvalue weighted by Crippen LogP contribution is 2.29. The van der Waals surface area contributed by atoms with Crippen LogP contribution in [-0.2, 0) is 9.59 Å². The monoisotopic (exact) mass is 382 g/mol. The highest BCUT2D eigenvalue weighted by Gasteiger charge is 2.43. The summed E-state index contributed by atoms with van der Waals surface area (Å²) in [5, 5.41) is 10.1. The van der Waals surface area contributed by atoms with Gasteiger partial charge in [0.2, 0.25) is 5.91 Å². The molecule has 7 nitrogen and oxygen atoms in total. The average molecular weight is 382 g/mol. The van der Waals surface area contributed by atoms with E-state index in [0.717, 1.165) is 23.7 Å². The standard InChI is InChI=1S/C21H26N4O3/c26-19-18(5-1-2-10-24-19)25-20(27)21(8-12-22-13-9-21)28-16-6-7-17-15(14-16)4-3-11-23-17/h3-4,6-7,11,14,18,22H,1-2,5,8-10,12-13H2,(H,24,26)(H,25,27)/t18-/m0/s1. The van der Waals surface area contributed by atoms with Gasteiger partial charge in [-0.1, -0.05) is 6.07 Å². The number of benzene rings is 1. The van der Waals surface area contributed by atoms with E-state index in [4.69, 9.17) is 4.74 Å². The second-order valence-corrected chi connectivity index (χ2v) is 7.52. The largest absolute Gasteiger partial charge is 0.477 e. The number of hydrogen-bond donors (Lipinski definition) is 3. The van der Waals surface area contributed by atoms with E-state index >= 15 is 0 Å². The van der Waals surface area contributed by atoms with Crippen LogP contribution in [0.5, 0.6) is 5.75 Å². The fraction of sp³-hybridized carbons (Fsp3) is 0.476. The molecule has 1 aromatic heterocycles. The zero-order chi connectivity index (χ0) is 19.4. The molecule has 0 spiro atoms. The van der Waals surface area contributed by atoms with Gasteiger partial charge in [0.05, 0.1) is 5.52 Å². The van der Waals surface area contributed by atoms with Gasteiger partial charge in [-0.3, -0.25) is 14.6 Å². The van der Waals surface area contributed by atoms with Gasteiger partial charge in [0.1, 0.15) is 11.8 Å². The summed E-state index contributed by atoms with van der Waals surface area (Å²) in [6.07, 6.45) is 5.37. The van der Waals surface area contributed by atoms with E-state index in [2.05, 4.69) is 20.9 Å². The number of nitrogens with one attached hydrogen (secondary N) is 3. The number of ether oxygens (including phenoxy) is 1. The smallest absolute Gasteiger partial charge is 0.264 e. The molecule has 0 radical (unpaired) electrons. The lowest BCUT2D eigenvalue weighted by Crippen LogP contribution is -2.60. The third-order valence-corrected chi connectivity index (χ3v) is 5.55. The van der Waals surface area contributed by atoms with Crippen molar-refractivity contribution in [2.45, 2.75) is 43.7 Å². The van der Waals surface area contributed by atoms with Crippen LogP contribution in [0.15, 0.2) is 36.5 Å². The highest BCUT2D eigenvalue weighted by molar-refractivity contribution is 5.92. The quantitative estimate of drug-likeness (QED) is 0.746. The van der Waals surface area contributed by atoms with Gasteiger partial charge in [-0.25, -0.2) is 0 Å². The predicted octanol–water partition coefficient (Wildman–Crippen LogP) is 1.52. The topological polar surface area (TPSA) is 92.4 Å². The van der Waals surface area contributed by atoms with E-state index in [-0.39, 0.29) is 11.8 Å². The SMILES string of the molecule is O=C1NCCCC[C@@H]1NC(=O)C1(Oc2ccc3ncccc3c2)CCNCC1. The molecule has 7 heteroatoms. The molecule has 0 unspecified atom stereocenters. The molecule has 0 aliphatic carbocycles. The maximum absolute atomic E-state index is 13.3. The number of piperidine rings is 1. The molecule has 0 bridgehead atoms. The number of rotatable bonds is 4. The van der Waals surface area contributed by atoms with Crippen molar-refractivity contribution in [3.63, 3.8) is 0 Å². The van der Waals surface area contributed by atoms with Crippen molar-refractivity contribution in [2.75, 3.05) is 19.6 Å². The van der Waals surface area contributed by atoms with Gasteiger partial charge in [-0.05, 0) is 56.6 Å². The maximum Gasteiger partial charge on any atom is 0.264 e. The summed E-state index contributed by atoms with van der Waals surface area (Å²) in [4.78, 5) is 29.8. The minimum absolute atomic E-state index is 0.105. The molecule has 0 saturated carbocycles. The zero-order valence-corrected chi connectivity index (χ0v) is 15.9. The number of fused-ring (bicyclic) bond motifs is 1. The highest BCUT2D eigenvalue weighted by atomic mass is 16.5. The summed E-state index contributed by atoms with van der Waals surface area (Å²) in [6.45, 7) is 2.06. The van der Waals surface area contributed by atoms with E-state index in [9.17, 15) is 9.59 Å². The Kier molecular flexibility index (Phi) is 5.43. The lowest BCUT2D eigenvalue weighted by Gasteiger charge is -2.37. The second-order valence-electron chi connectivity index (χ2n) is 7.52. The molecule has 1 atom stereocenters. The van der Waals surface area contributed by atoms with Crippen LogP contribution in [0.2, 0.25) is 0 Å². The molecule has 1 aromatic carbocycles. The van der Waals surface area contributed by atoms with Crippen molar-refractivity contribution in [2.24, 2.45) is 0 Å². The van der Waals surface area contributed by atoms with Crippen molar-refractivity contribution in [1.29, 1.82) is 0 Å². The van der Waals surface area contributed by atoms with Crippen molar-refractivity contribution in [3.05, 3.63) is 36.5 Å². The maximum atomic E-state index is 13.3. The molecular weight excluding hydrogens is 356 g/mol. The molecule has 2 aliphatic rings. The Hall–Kier alpha value is -2.67. The predicted molar refractivity (Wildman–Crippen MR) is 106 cm³/mol. The van der Waals surface area contributed by atoms with E-state index in [1.54, 1.807) is 6.20 Å². The van der Waals surface area contributed by atoms with E-state index < -0.39 is 11.6 Å². The first-order valence-electron chi connectivity index (χ1n) is 10.00. The summed E-state index contributed by atoms with van der Waals surface area (Å²) in [5.74, 6) is 0.330. The Morgan fingerprint density at radius 1 is 1.18 bits per heavy atom. The Labute approximate surface area is 164 Å². The van der Waals surface area contributed by atoms with E-state index in [1.807, 2.05) is 30.3 Å². The number of carbonyl (C=O) groups is 2. The summed E-state index contributed by atoms with van der Waals surface area (Å²) >= 11 is 0. The molecule has 2 aromatic rings. The van der Waals surface area contributed by atoms with Crippen LogP contribution in [0.3, 0.4) is 0 Å². The van der Waals surface area contributed by atoms with Crippen molar-refractivity contribution in [1.82, 2.24) is 20.9 Å². The zero-order valence-electron chi connectivity index (χ0n) is 15.9. The third kappa shape index (κ3) is 3.94. The van der Waals surface area contributed by atoms with Crippen molar-refractivity contribution >= 4 is 22.7 Å². The van der Waals surface area contributed by atoms with Crippen LogP contribution >= 0.6 is 0 Å². The summed E-state index contributed by atoms with van der Waals surface area (Å²) in [5.41, 5.74) is -0.0953. The number of hydrogen-bond acceptors (Lipinski definition) is 5. The van der Waals surface area contributed by atoms with Gasteiger partial charge in [0.25, 0.3) is 5.91 Å². The van der Waals surface area contributed by atoms with Gasteiger partial charge in [0.15, 0.2) is 5.60 Å². The van der Waals surface area contributed by atoms with Crippen LogP contribution in [0.4, 0.5) is 0 Å². The fourth-order valence-corrected chi connectivity index (χ4v) is 3.92. The van der Waals surface area contributed by atoms with Gasteiger partial charge >= 0.3 is 0 Å². The Balaban J connectivity index is 1.56.